The molecule has 11 heavy (non-hydrogen) atoms. The lowest BCUT2D eigenvalue weighted by Gasteiger charge is -1.74. The Balaban J connectivity index is 0.000000218. The average Bonchev–Trinajstić information content (AvgIpc) is 2.13. The van der Waals surface area contributed by atoms with Crippen LogP contribution in [0, 0.1) is 15.3 Å². The van der Waals surface area contributed by atoms with E-state index in [0.29, 0.717) is 0 Å². The van der Waals surface area contributed by atoms with Crippen molar-refractivity contribution in [3.63, 3.8) is 0 Å². The van der Waals surface area contributed by atoms with Gasteiger partial charge in [-0.15, -0.1) is 9.36 Å². The molecule has 0 aliphatic heterocycles. The number of hydrogen-bond acceptors (Lipinski definition) is 5. The first-order valence-electron chi connectivity index (χ1n) is 2.49. The highest BCUT2D eigenvalue weighted by Gasteiger charge is 1.90. The maximum absolute atomic E-state index is 8.25. The highest BCUT2D eigenvalue weighted by Crippen LogP contribution is 1.59. The Morgan fingerprint density at radius 1 is 1.73 bits per heavy atom. The summed E-state index contributed by atoms with van der Waals surface area (Å²) in [6.07, 6.45) is 3.19. The van der Waals surface area contributed by atoms with Crippen LogP contribution in [0.3, 0.4) is 0 Å². The smallest absolute Gasteiger partial charge is 0.288 e. The normalized spacial score (nSPS) is 8.09. The maximum Gasteiger partial charge on any atom is 0.288 e. The number of nitrogen functional groups attached to an aromatic ring is 1. The second-order valence-electron chi connectivity index (χ2n) is 1.59. The Hall–Kier alpha value is -1.86. The third-order valence-corrected chi connectivity index (χ3v) is 0.668. The van der Waals surface area contributed by atoms with E-state index in [9.17, 15) is 0 Å². The van der Waals surface area contributed by atoms with Gasteiger partial charge in [0.15, 0.2) is 0 Å². The van der Waals surface area contributed by atoms with Crippen molar-refractivity contribution in [2.75, 3.05) is 5.84 Å². The summed E-state index contributed by atoms with van der Waals surface area (Å²) in [6, 6.07) is 0. The molecular weight excluding hydrogens is 154 g/mol. The molecule has 0 saturated heterocycles. The first-order chi connectivity index (χ1) is 5.02. The van der Waals surface area contributed by atoms with E-state index in [1.54, 1.807) is 11.0 Å². The lowest BCUT2D eigenvalue weighted by Crippen LogP contribution is -2.29. The average molecular weight is 161 g/mol. The van der Waals surface area contributed by atoms with Gasteiger partial charge in [0.2, 0.25) is 6.33 Å². The van der Waals surface area contributed by atoms with E-state index in [1.807, 2.05) is 7.05 Å². The largest absolute Gasteiger partial charge is 0.356 e. The van der Waals surface area contributed by atoms with Crippen LogP contribution in [0.5, 0.6) is 0 Å². The molecule has 0 fully saturated rings. The number of rotatable bonds is 0. The first kappa shape index (κ1) is 9.14. The second kappa shape index (κ2) is 4.04. The fourth-order valence-corrected chi connectivity index (χ4v) is 0.394. The molecule has 0 radical (unpaired) electrons. The molecular formula is C3H7N5O3. The number of nitrogens with zero attached hydrogens (tertiary/aromatic N) is 4. The Labute approximate surface area is 61.6 Å². The summed E-state index contributed by atoms with van der Waals surface area (Å²) in [6.45, 7) is 0. The monoisotopic (exact) mass is 161 g/mol. The molecule has 0 aliphatic rings. The Bertz CT molecular complexity index is 212. The predicted octanol–water partition coefficient (Wildman–Crippen LogP) is -1.82. The second-order valence-corrected chi connectivity index (χ2v) is 1.59. The minimum Gasteiger partial charge on any atom is -0.356 e. The molecule has 62 valence electrons. The number of hydrogen-bond donors (Lipinski definition) is 1. The molecule has 1 rings (SSSR count). The lowest BCUT2D eigenvalue weighted by molar-refractivity contribution is -0.728. The van der Waals surface area contributed by atoms with Crippen LogP contribution in [0.2, 0.25) is 0 Å². The van der Waals surface area contributed by atoms with Crippen molar-refractivity contribution in [3.05, 3.63) is 28.0 Å². The molecule has 0 bridgehead atoms. The van der Waals surface area contributed by atoms with Crippen LogP contribution in [-0.2, 0) is 7.05 Å². The molecule has 0 saturated carbocycles. The zero-order valence-electron chi connectivity index (χ0n) is 5.75. The molecule has 0 unspecified atom stereocenters. The highest BCUT2D eigenvalue weighted by molar-refractivity contribution is 4.47. The predicted molar refractivity (Wildman–Crippen MR) is 33.9 cm³/mol. The molecule has 1 heterocycles. The molecule has 0 amide bonds. The molecule has 0 spiro atoms. The van der Waals surface area contributed by atoms with E-state index in [0.717, 1.165) is 0 Å². The van der Waals surface area contributed by atoms with Gasteiger partial charge >= 0.3 is 0 Å². The van der Waals surface area contributed by atoms with Crippen molar-refractivity contribution in [2.45, 2.75) is 0 Å². The van der Waals surface area contributed by atoms with E-state index in [4.69, 9.17) is 21.2 Å². The summed E-state index contributed by atoms with van der Waals surface area (Å²) in [5, 5.41) is 18.5. The van der Waals surface area contributed by atoms with Crippen LogP contribution >= 0.6 is 0 Å². The fraction of sp³-hybridized carbons (Fsp3) is 0.333. The van der Waals surface area contributed by atoms with Crippen LogP contribution < -0.4 is 10.5 Å². The van der Waals surface area contributed by atoms with E-state index < -0.39 is 5.09 Å². The van der Waals surface area contributed by atoms with Gasteiger partial charge in [0.25, 0.3) is 6.33 Å². The lowest BCUT2D eigenvalue weighted by atomic mass is 11.2. The van der Waals surface area contributed by atoms with E-state index in [-0.39, 0.29) is 0 Å². The quantitative estimate of drug-likeness (QED) is 0.208. The van der Waals surface area contributed by atoms with Gasteiger partial charge in [-0.1, -0.05) is 0 Å². The topological polar surface area (TPSA) is 114 Å². The zero-order chi connectivity index (χ0) is 8.85. The molecule has 1 aromatic rings. The van der Waals surface area contributed by atoms with Crippen molar-refractivity contribution in [1.82, 2.24) is 9.77 Å². The van der Waals surface area contributed by atoms with Crippen LogP contribution in [0.15, 0.2) is 12.7 Å². The van der Waals surface area contributed by atoms with Gasteiger partial charge in [-0.25, -0.2) is 0 Å². The van der Waals surface area contributed by atoms with Crippen molar-refractivity contribution in [1.29, 1.82) is 0 Å². The van der Waals surface area contributed by atoms with Gasteiger partial charge in [-0.2, -0.15) is 0 Å². The number of nitrogens with two attached hydrogens (primary N) is 1. The highest BCUT2D eigenvalue weighted by atomic mass is 16.9. The minimum absolute atomic E-state index is 1.39. The summed E-state index contributed by atoms with van der Waals surface area (Å²) < 4.78 is 3.01. The van der Waals surface area contributed by atoms with E-state index in [1.165, 1.54) is 11.0 Å². The third-order valence-electron chi connectivity index (χ3n) is 0.668. The molecule has 8 nitrogen and oxygen atoms in total. The van der Waals surface area contributed by atoms with Crippen molar-refractivity contribution >= 4 is 0 Å². The summed E-state index contributed by atoms with van der Waals surface area (Å²) in [4.78, 5) is 8.25. The molecule has 0 atom stereocenters. The third kappa shape index (κ3) is 6.02. The summed E-state index contributed by atoms with van der Waals surface area (Å²) in [5.74, 6) is 5.21. The van der Waals surface area contributed by atoms with E-state index in [2.05, 4.69) is 5.10 Å². The minimum atomic E-state index is -1.75. The Morgan fingerprint density at radius 3 is 2.27 bits per heavy atom. The van der Waals surface area contributed by atoms with Gasteiger partial charge in [0.1, 0.15) is 7.05 Å². The maximum atomic E-state index is 8.25. The summed E-state index contributed by atoms with van der Waals surface area (Å²) in [5.41, 5.74) is 0. The van der Waals surface area contributed by atoms with Gasteiger partial charge in [0, 0.05) is 0 Å². The summed E-state index contributed by atoms with van der Waals surface area (Å²) >= 11 is 0. The SMILES string of the molecule is C[n+]1cn(N)cn1.O=[N+]([O-])[O-]. The Morgan fingerprint density at radius 2 is 2.18 bits per heavy atom. The van der Waals surface area contributed by atoms with Crippen molar-refractivity contribution < 1.29 is 9.77 Å². The van der Waals surface area contributed by atoms with Gasteiger partial charge in [-0.3, -0.25) is 5.84 Å². The van der Waals surface area contributed by atoms with Crippen LogP contribution in [0.4, 0.5) is 0 Å². The first-order valence-corrected chi connectivity index (χ1v) is 2.49. The van der Waals surface area contributed by atoms with E-state index >= 15 is 0 Å². The molecule has 0 aromatic carbocycles. The summed E-state index contributed by atoms with van der Waals surface area (Å²) in [7, 11) is 1.81. The van der Waals surface area contributed by atoms with Gasteiger partial charge < -0.3 is 15.3 Å². The molecule has 8 heteroatoms. The van der Waals surface area contributed by atoms with Gasteiger partial charge in [0.05, 0.1) is 5.09 Å². The number of aryl methyl sites for hydroxylation is 1. The van der Waals surface area contributed by atoms with Gasteiger partial charge in [-0.05, 0) is 5.10 Å². The van der Waals surface area contributed by atoms with Crippen molar-refractivity contribution in [2.24, 2.45) is 7.05 Å². The van der Waals surface area contributed by atoms with Crippen LogP contribution in [0.1, 0.15) is 0 Å². The Kier molecular flexibility index (Phi) is 3.35. The van der Waals surface area contributed by atoms with Crippen LogP contribution in [0.25, 0.3) is 0 Å². The molecule has 0 aliphatic carbocycles. The zero-order valence-corrected chi connectivity index (χ0v) is 5.75. The fourth-order valence-electron chi connectivity index (χ4n) is 0.394. The van der Waals surface area contributed by atoms with Crippen molar-refractivity contribution in [3.8, 4) is 0 Å². The molecule has 2 N–H and O–H groups in total. The number of aromatic nitrogens is 3. The van der Waals surface area contributed by atoms with Crippen LogP contribution in [-0.4, -0.2) is 14.9 Å². The standard InChI is InChI=1S/C3H7N4.NO3/c1-6-3-7(4)2-5-6;2-1(3)4/h2-3H,4H2,1H3;/q+1;-1. The molecule has 1 aromatic heterocycles.